The standard InChI is InChI=1S/C15H15N3O2/c1-3-20-15(19)14-16-8-12(17-14)11-9-18(2)13-7-5-4-6-10(11)13/h4-9H,3H2,1-2H3,(H,16,17). The van der Waals surface area contributed by atoms with Crippen molar-refractivity contribution in [2.75, 3.05) is 6.61 Å². The number of nitrogens with zero attached hydrogens (tertiary/aromatic N) is 2. The van der Waals surface area contributed by atoms with Crippen molar-refractivity contribution in [1.29, 1.82) is 0 Å². The van der Waals surface area contributed by atoms with Crippen LogP contribution in [0.1, 0.15) is 17.5 Å². The van der Waals surface area contributed by atoms with Gasteiger partial charge in [-0.3, -0.25) is 0 Å². The first-order chi connectivity index (χ1) is 9.70. The Morgan fingerprint density at radius 2 is 2.20 bits per heavy atom. The molecule has 3 rings (SSSR count). The molecule has 102 valence electrons. The molecular weight excluding hydrogens is 254 g/mol. The zero-order valence-corrected chi connectivity index (χ0v) is 11.4. The summed E-state index contributed by atoms with van der Waals surface area (Å²) in [5.74, 6) is -0.200. The van der Waals surface area contributed by atoms with Crippen LogP contribution in [-0.4, -0.2) is 27.1 Å². The van der Waals surface area contributed by atoms with E-state index in [-0.39, 0.29) is 5.82 Å². The minimum absolute atomic E-state index is 0.231. The lowest BCUT2D eigenvalue weighted by atomic mass is 10.1. The quantitative estimate of drug-likeness (QED) is 0.744. The summed E-state index contributed by atoms with van der Waals surface area (Å²) in [5.41, 5.74) is 2.96. The molecule has 3 aromatic rings. The van der Waals surface area contributed by atoms with Gasteiger partial charge in [0, 0.05) is 29.7 Å². The Balaban J connectivity index is 2.06. The summed E-state index contributed by atoms with van der Waals surface area (Å²) < 4.78 is 6.98. The number of esters is 1. The highest BCUT2D eigenvalue weighted by Crippen LogP contribution is 2.28. The smallest absolute Gasteiger partial charge is 0.374 e. The summed E-state index contributed by atoms with van der Waals surface area (Å²) in [6.45, 7) is 2.11. The topological polar surface area (TPSA) is 59.9 Å². The number of ether oxygens (including phenoxy) is 1. The normalized spacial score (nSPS) is 10.9. The van der Waals surface area contributed by atoms with E-state index in [4.69, 9.17) is 4.74 Å². The van der Waals surface area contributed by atoms with E-state index in [9.17, 15) is 4.79 Å². The average Bonchev–Trinajstić information content (AvgIpc) is 3.05. The number of carbonyl (C=O) groups excluding carboxylic acids is 1. The van der Waals surface area contributed by atoms with Gasteiger partial charge in [-0.25, -0.2) is 9.78 Å². The number of benzene rings is 1. The van der Waals surface area contributed by atoms with Crippen molar-refractivity contribution >= 4 is 16.9 Å². The molecule has 0 aliphatic rings. The second-order valence-corrected chi connectivity index (χ2v) is 4.54. The van der Waals surface area contributed by atoms with E-state index in [1.54, 1.807) is 13.1 Å². The number of para-hydroxylation sites is 1. The minimum atomic E-state index is -0.431. The Labute approximate surface area is 116 Å². The molecule has 0 bridgehead atoms. The zero-order chi connectivity index (χ0) is 14.1. The van der Waals surface area contributed by atoms with Gasteiger partial charge in [0.2, 0.25) is 5.82 Å². The molecule has 0 aliphatic heterocycles. The van der Waals surface area contributed by atoms with E-state index in [0.29, 0.717) is 6.61 Å². The van der Waals surface area contributed by atoms with Gasteiger partial charge in [0.25, 0.3) is 0 Å². The monoisotopic (exact) mass is 269 g/mol. The maximum atomic E-state index is 11.6. The number of carbonyl (C=O) groups is 1. The van der Waals surface area contributed by atoms with Crippen LogP contribution in [0.3, 0.4) is 0 Å². The van der Waals surface area contributed by atoms with Gasteiger partial charge in [-0.15, -0.1) is 0 Å². The summed E-state index contributed by atoms with van der Waals surface area (Å²) in [6.07, 6.45) is 3.68. The van der Waals surface area contributed by atoms with Crippen LogP contribution in [0, 0.1) is 0 Å². The van der Waals surface area contributed by atoms with E-state index in [0.717, 1.165) is 22.2 Å². The Bertz CT molecular complexity index is 770. The molecule has 0 amide bonds. The first-order valence-corrected chi connectivity index (χ1v) is 6.47. The lowest BCUT2D eigenvalue weighted by molar-refractivity contribution is 0.0513. The summed E-state index contributed by atoms with van der Waals surface area (Å²) in [5, 5.41) is 1.12. The fourth-order valence-corrected chi connectivity index (χ4v) is 2.32. The van der Waals surface area contributed by atoms with Gasteiger partial charge in [0.05, 0.1) is 18.5 Å². The van der Waals surface area contributed by atoms with Crippen molar-refractivity contribution in [3.05, 3.63) is 42.5 Å². The number of fused-ring (bicyclic) bond motifs is 1. The van der Waals surface area contributed by atoms with Crippen LogP contribution in [0.25, 0.3) is 22.2 Å². The SMILES string of the molecule is CCOC(=O)c1ncc(-c2cn(C)c3ccccc23)[nH]1. The molecular formula is C15H15N3O2. The maximum Gasteiger partial charge on any atom is 0.374 e. The molecule has 0 fully saturated rings. The molecule has 5 heteroatoms. The number of nitrogens with one attached hydrogen (secondary N) is 1. The number of aromatic nitrogens is 3. The summed E-state index contributed by atoms with van der Waals surface area (Å²) in [7, 11) is 1.99. The van der Waals surface area contributed by atoms with Gasteiger partial charge < -0.3 is 14.3 Å². The highest BCUT2D eigenvalue weighted by atomic mass is 16.5. The third-order valence-electron chi connectivity index (χ3n) is 3.23. The Hall–Kier alpha value is -2.56. The number of aryl methyl sites for hydroxylation is 1. The van der Waals surface area contributed by atoms with E-state index >= 15 is 0 Å². The first-order valence-electron chi connectivity index (χ1n) is 6.47. The summed E-state index contributed by atoms with van der Waals surface area (Å²) in [6, 6.07) is 8.11. The van der Waals surface area contributed by atoms with E-state index in [1.807, 2.05) is 25.4 Å². The zero-order valence-electron chi connectivity index (χ0n) is 11.4. The van der Waals surface area contributed by atoms with E-state index in [1.165, 1.54) is 0 Å². The molecule has 0 radical (unpaired) electrons. The second-order valence-electron chi connectivity index (χ2n) is 4.54. The summed E-state index contributed by atoms with van der Waals surface area (Å²) >= 11 is 0. The van der Waals surface area contributed by atoms with Crippen LogP contribution < -0.4 is 0 Å². The highest BCUT2D eigenvalue weighted by molar-refractivity contribution is 5.96. The molecule has 1 N–H and O–H groups in total. The lowest BCUT2D eigenvalue weighted by Gasteiger charge is -1.97. The van der Waals surface area contributed by atoms with E-state index in [2.05, 4.69) is 26.7 Å². The first kappa shape index (κ1) is 12.5. The second kappa shape index (κ2) is 4.85. The van der Waals surface area contributed by atoms with Crippen molar-refractivity contribution in [2.45, 2.75) is 6.92 Å². The minimum Gasteiger partial charge on any atom is -0.460 e. The molecule has 0 saturated heterocycles. The Kier molecular flexibility index (Phi) is 3.02. The summed E-state index contributed by atoms with van der Waals surface area (Å²) in [4.78, 5) is 18.7. The molecule has 1 aromatic carbocycles. The number of hydrogen-bond acceptors (Lipinski definition) is 3. The lowest BCUT2D eigenvalue weighted by Crippen LogP contribution is -2.06. The van der Waals surface area contributed by atoms with E-state index < -0.39 is 5.97 Å². The molecule has 0 spiro atoms. The Morgan fingerprint density at radius 1 is 1.40 bits per heavy atom. The number of rotatable bonds is 3. The average molecular weight is 269 g/mol. The fraction of sp³-hybridized carbons (Fsp3) is 0.200. The predicted octanol–water partition coefficient (Wildman–Crippen LogP) is 2.75. The maximum absolute atomic E-state index is 11.6. The van der Waals surface area contributed by atoms with Crippen molar-refractivity contribution in [1.82, 2.24) is 14.5 Å². The third kappa shape index (κ3) is 1.97. The van der Waals surface area contributed by atoms with Gasteiger partial charge in [-0.05, 0) is 13.0 Å². The van der Waals surface area contributed by atoms with Gasteiger partial charge in [0.1, 0.15) is 0 Å². The number of imidazole rings is 1. The highest BCUT2D eigenvalue weighted by Gasteiger charge is 2.14. The molecule has 0 atom stereocenters. The van der Waals surface area contributed by atoms with Gasteiger partial charge in [0.15, 0.2) is 0 Å². The van der Waals surface area contributed by atoms with Crippen LogP contribution in [0.4, 0.5) is 0 Å². The molecule has 0 aliphatic carbocycles. The largest absolute Gasteiger partial charge is 0.460 e. The molecule has 0 saturated carbocycles. The Morgan fingerprint density at radius 3 is 3.00 bits per heavy atom. The van der Waals surface area contributed by atoms with Gasteiger partial charge >= 0.3 is 5.97 Å². The molecule has 2 heterocycles. The van der Waals surface area contributed by atoms with Gasteiger partial charge in [-0.2, -0.15) is 0 Å². The van der Waals surface area contributed by atoms with Crippen LogP contribution in [0.15, 0.2) is 36.7 Å². The molecule has 2 aromatic heterocycles. The predicted molar refractivity (Wildman–Crippen MR) is 76.5 cm³/mol. The number of aromatic amines is 1. The number of H-pyrrole nitrogens is 1. The molecule has 5 nitrogen and oxygen atoms in total. The van der Waals surface area contributed by atoms with Crippen molar-refractivity contribution in [3.63, 3.8) is 0 Å². The van der Waals surface area contributed by atoms with Crippen LogP contribution in [-0.2, 0) is 11.8 Å². The van der Waals surface area contributed by atoms with Crippen LogP contribution >= 0.6 is 0 Å². The van der Waals surface area contributed by atoms with Crippen LogP contribution in [0.5, 0.6) is 0 Å². The van der Waals surface area contributed by atoms with Crippen molar-refractivity contribution in [2.24, 2.45) is 7.05 Å². The van der Waals surface area contributed by atoms with Crippen LogP contribution in [0.2, 0.25) is 0 Å². The van der Waals surface area contributed by atoms with Gasteiger partial charge in [-0.1, -0.05) is 18.2 Å². The third-order valence-corrected chi connectivity index (χ3v) is 3.23. The fourth-order valence-electron chi connectivity index (χ4n) is 2.32. The molecule has 0 unspecified atom stereocenters. The van der Waals surface area contributed by atoms with Crippen molar-refractivity contribution in [3.8, 4) is 11.3 Å². The molecule has 20 heavy (non-hydrogen) atoms. The van der Waals surface area contributed by atoms with Crippen molar-refractivity contribution < 1.29 is 9.53 Å². The number of hydrogen-bond donors (Lipinski definition) is 1.